The summed E-state index contributed by atoms with van der Waals surface area (Å²) in [6, 6.07) is 6.83. The van der Waals surface area contributed by atoms with E-state index in [4.69, 9.17) is 0 Å². The van der Waals surface area contributed by atoms with Crippen molar-refractivity contribution in [3.63, 3.8) is 0 Å². The molecule has 1 atom stereocenters. The minimum Gasteiger partial charge on any atom is -0.314 e. The summed E-state index contributed by atoms with van der Waals surface area (Å²) in [4.78, 5) is 6.93. The van der Waals surface area contributed by atoms with Gasteiger partial charge in [-0.1, -0.05) is 13.0 Å². The zero-order chi connectivity index (χ0) is 12.8. The van der Waals surface area contributed by atoms with E-state index in [1.54, 1.807) is 0 Å². The van der Waals surface area contributed by atoms with Gasteiger partial charge in [-0.15, -0.1) is 0 Å². The molecule has 0 bridgehead atoms. The van der Waals surface area contributed by atoms with E-state index < -0.39 is 0 Å². The first-order valence-electron chi connectivity index (χ1n) is 7.15. The predicted molar refractivity (Wildman–Crippen MR) is 75.4 cm³/mol. The van der Waals surface area contributed by atoms with Crippen molar-refractivity contribution in [1.82, 2.24) is 15.2 Å². The summed E-state index contributed by atoms with van der Waals surface area (Å²) < 4.78 is 0. The molecule has 100 valence electrons. The number of likely N-dealkylation sites (tertiary alicyclic amines) is 1. The lowest BCUT2D eigenvalue weighted by Crippen LogP contribution is -2.41. The van der Waals surface area contributed by atoms with Gasteiger partial charge < -0.3 is 5.32 Å². The zero-order valence-corrected chi connectivity index (χ0v) is 11.6. The highest BCUT2D eigenvalue weighted by Crippen LogP contribution is 2.21. The van der Waals surface area contributed by atoms with Crippen LogP contribution in [0.25, 0.3) is 0 Å². The van der Waals surface area contributed by atoms with Crippen LogP contribution in [0.5, 0.6) is 0 Å². The predicted octanol–water partition coefficient (Wildman–Crippen LogP) is 2.29. The number of nitrogens with zero attached hydrogens (tertiary/aromatic N) is 2. The second-order valence-corrected chi connectivity index (χ2v) is 5.28. The van der Waals surface area contributed by atoms with Gasteiger partial charge in [-0.25, -0.2) is 0 Å². The van der Waals surface area contributed by atoms with Crippen LogP contribution in [0.2, 0.25) is 0 Å². The molecule has 0 radical (unpaired) electrons. The third-order valence-electron chi connectivity index (χ3n) is 3.98. The van der Waals surface area contributed by atoms with Crippen LogP contribution in [0.3, 0.4) is 0 Å². The molecule has 3 nitrogen and oxygen atoms in total. The second-order valence-electron chi connectivity index (χ2n) is 5.28. The van der Waals surface area contributed by atoms with E-state index in [1.807, 2.05) is 12.3 Å². The van der Waals surface area contributed by atoms with E-state index in [-0.39, 0.29) is 0 Å². The lowest BCUT2D eigenvalue weighted by molar-refractivity contribution is 0.156. The molecule has 2 rings (SSSR count). The van der Waals surface area contributed by atoms with Crippen LogP contribution in [0, 0.1) is 5.92 Å². The molecule has 1 aliphatic rings. The van der Waals surface area contributed by atoms with Gasteiger partial charge in [-0.3, -0.25) is 9.88 Å². The molecule has 0 spiro atoms. The quantitative estimate of drug-likeness (QED) is 0.865. The van der Waals surface area contributed by atoms with Crippen LogP contribution in [-0.4, -0.2) is 35.6 Å². The molecule has 3 heteroatoms. The molecule has 1 aromatic rings. The average Bonchev–Trinajstić information content (AvgIpc) is 2.41. The Morgan fingerprint density at radius 2 is 2.17 bits per heavy atom. The number of hydrogen-bond acceptors (Lipinski definition) is 3. The highest BCUT2D eigenvalue weighted by molar-refractivity contribution is 5.03. The highest BCUT2D eigenvalue weighted by Gasteiger charge is 2.23. The Labute approximate surface area is 111 Å². The van der Waals surface area contributed by atoms with Crippen molar-refractivity contribution < 1.29 is 0 Å². The molecule has 0 amide bonds. The number of piperidine rings is 1. The maximum atomic E-state index is 4.40. The first kappa shape index (κ1) is 13.5. The molecule has 0 aliphatic carbocycles. The van der Waals surface area contributed by atoms with E-state index in [9.17, 15) is 0 Å². The van der Waals surface area contributed by atoms with Gasteiger partial charge in [0.15, 0.2) is 0 Å². The number of rotatable bonds is 5. The van der Waals surface area contributed by atoms with E-state index in [0.717, 1.165) is 19.0 Å². The lowest BCUT2D eigenvalue weighted by atomic mass is 9.90. The third-order valence-corrected chi connectivity index (χ3v) is 3.98. The molecule has 0 aromatic carbocycles. The van der Waals surface area contributed by atoms with Crippen LogP contribution in [0.1, 0.15) is 32.4 Å². The first-order chi connectivity index (χ1) is 8.79. The average molecular weight is 247 g/mol. The van der Waals surface area contributed by atoms with E-state index in [1.165, 1.54) is 31.6 Å². The molecule has 18 heavy (non-hydrogen) atoms. The van der Waals surface area contributed by atoms with Crippen molar-refractivity contribution >= 4 is 0 Å². The molecule has 1 fully saturated rings. The Balaban J connectivity index is 1.77. The van der Waals surface area contributed by atoms with Gasteiger partial charge in [0, 0.05) is 18.8 Å². The summed E-state index contributed by atoms with van der Waals surface area (Å²) >= 11 is 0. The Kier molecular flexibility index (Phi) is 5.14. The molecule has 1 aliphatic heterocycles. The molecular formula is C15H25N3. The van der Waals surface area contributed by atoms with Gasteiger partial charge in [0.25, 0.3) is 0 Å². The topological polar surface area (TPSA) is 28.2 Å². The molecular weight excluding hydrogens is 222 g/mol. The summed E-state index contributed by atoms with van der Waals surface area (Å²) in [5.74, 6) is 0.838. The van der Waals surface area contributed by atoms with Gasteiger partial charge in [-0.05, 0) is 57.5 Å². The minimum absolute atomic E-state index is 0.659. The highest BCUT2D eigenvalue weighted by atomic mass is 15.1. The van der Waals surface area contributed by atoms with Crippen molar-refractivity contribution in [3.8, 4) is 0 Å². The van der Waals surface area contributed by atoms with Crippen molar-refractivity contribution in [2.24, 2.45) is 5.92 Å². The molecule has 1 unspecified atom stereocenters. The SMILES string of the molecule is CCNC(C)C1CCN(Cc2ccccn2)CC1. The Morgan fingerprint density at radius 1 is 1.39 bits per heavy atom. The Morgan fingerprint density at radius 3 is 2.78 bits per heavy atom. The van der Waals surface area contributed by atoms with Crippen LogP contribution < -0.4 is 5.32 Å². The summed E-state index contributed by atoms with van der Waals surface area (Å²) in [5.41, 5.74) is 1.19. The summed E-state index contributed by atoms with van der Waals surface area (Å²) in [6.45, 7) is 9.00. The fraction of sp³-hybridized carbons (Fsp3) is 0.667. The summed E-state index contributed by atoms with van der Waals surface area (Å²) in [6.07, 6.45) is 4.50. The van der Waals surface area contributed by atoms with Crippen LogP contribution >= 0.6 is 0 Å². The van der Waals surface area contributed by atoms with Crippen molar-refractivity contribution in [2.45, 2.75) is 39.3 Å². The third kappa shape index (κ3) is 3.79. The lowest BCUT2D eigenvalue weighted by Gasteiger charge is -2.34. The standard InChI is InChI=1S/C15H25N3/c1-3-16-13(2)14-7-10-18(11-8-14)12-15-6-4-5-9-17-15/h4-6,9,13-14,16H,3,7-8,10-12H2,1-2H3. The number of nitrogens with one attached hydrogen (secondary N) is 1. The van der Waals surface area contributed by atoms with E-state index in [0.29, 0.717) is 6.04 Å². The summed E-state index contributed by atoms with van der Waals surface area (Å²) in [7, 11) is 0. The zero-order valence-electron chi connectivity index (χ0n) is 11.6. The smallest absolute Gasteiger partial charge is 0.0543 e. The monoisotopic (exact) mass is 247 g/mol. The first-order valence-corrected chi connectivity index (χ1v) is 7.15. The number of pyridine rings is 1. The maximum absolute atomic E-state index is 4.40. The van der Waals surface area contributed by atoms with Gasteiger partial charge in [-0.2, -0.15) is 0 Å². The van der Waals surface area contributed by atoms with Crippen molar-refractivity contribution in [3.05, 3.63) is 30.1 Å². The van der Waals surface area contributed by atoms with Crippen LogP contribution in [0.15, 0.2) is 24.4 Å². The van der Waals surface area contributed by atoms with Gasteiger partial charge in [0.2, 0.25) is 0 Å². The molecule has 1 N–H and O–H groups in total. The maximum Gasteiger partial charge on any atom is 0.0543 e. The number of aromatic nitrogens is 1. The molecule has 2 heterocycles. The van der Waals surface area contributed by atoms with Gasteiger partial charge >= 0.3 is 0 Å². The number of hydrogen-bond donors (Lipinski definition) is 1. The van der Waals surface area contributed by atoms with E-state index >= 15 is 0 Å². The van der Waals surface area contributed by atoms with E-state index in [2.05, 4.69) is 41.2 Å². The Hall–Kier alpha value is -0.930. The van der Waals surface area contributed by atoms with Crippen LogP contribution in [-0.2, 0) is 6.54 Å². The van der Waals surface area contributed by atoms with Gasteiger partial charge in [0.05, 0.1) is 5.69 Å². The summed E-state index contributed by atoms with van der Waals surface area (Å²) in [5, 5.41) is 3.55. The van der Waals surface area contributed by atoms with Crippen molar-refractivity contribution in [2.75, 3.05) is 19.6 Å². The second kappa shape index (κ2) is 6.86. The van der Waals surface area contributed by atoms with Gasteiger partial charge in [0.1, 0.15) is 0 Å². The Bertz CT molecular complexity index is 331. The van der Waals surface area contributed by atoms with Crippen molar-refractivity contribution in [1.29, 1.82) is 0 Å². The van der Waals surface area contributed by atoms with Crippen LogP contribution in [0.4, 0.5) is 0 Å². The molecule has 0 saturated carbocycles. The minimum atomic E-state index is 0.659. The normalized spacial score (nSPS) is 19.9. The molecule has 1 saturated heterocycles. The fourth-order valence-corrected chi connectivity index (χ4v) is 2.82. The molecule has 1 aromatic heterocycles. The fourth-order valence-electron chi connectivity index (χ4n) is 2.82. The largest absolute Gasteiger partial charge is 0.314 e.